The van der Waals surface area contributed by atoms with E-state index >= 15 is 0 Å². The topological polar surface area (TPSA) is 30.2 Å². The summed E-state index contributed by atoms with van der Waals surface area (Å²) < 4.78 is 5.19. The highest BCUT2D eigenvalue weighted by molar-refractivity contribution is 5.82. The molecular formula is C11H10O2. The van der Waals surface area contributed by atoms with Crippen molar-refractivity contribution in [1.82, 2.24) is 0 Å². The molecule has 0 atom stereocenters. The SMILES string of the molecule is CC(=O)Cc1ccc2occc2c1. The highest BCUT2D eigenvalue weighted by Gasteiger charge is 2.00. The molecular weight excluding hydrogens is 164 g/mol. The third kappa shape index (κ3) is 1.61. The van der Waals surface area contributed by atoms with Gasteiger partial charge in [0.05, 0.1) is 6.26 Å². The molecule has 0 saturated heterocycles. The standard InChI is InChI=1S/C11H10O2/c1-8(12)6-9-2-3-11-10(7-9)4-5-13-11/h2-5,7H,6H2,1H3. The Hall–Kier alpha value is -1.57. The molecule has 0 radical (unpaired) electrons. The van der Waals surface area contributed by atoms with Crippen LogP contribution >= 0.6 is 0 Å². The van der Waals surface area contributed by atoms with E-state index in [2.05, 4.69) is 0 Å². The summed E-state index contributed by atoms with van der Waals surface area (Å²) in [6.45, 7) is 1.60. The smallest absolute Gasteiger partial charge is 0.134 e. The summed E-state index contributed by atoms with van der Waals surface area (Å²) in [5, 5.41) is 1.05. The van der Waals surface area contributed by atoms with E-state index in [0.29, 0.717) is 6.42 Å². The van der Waals surface area contributed by atoms with Crippen LogP contribution in [0.25, 0.3) is 11.0 Å². The van der Waals surface area contributed by atoms with Gasteiger partial charge in [0.2, 0.25) is 0 Å². The van der Waals surface area contributed by atoms with Crippen LogP contribution in [0.1, 0.15) is 12.5 Å². The van der Waals surface area contributed by atoms with Crippen molar-refractivity contribution in [3.8, 4) is 0 Å². The summed E-state index contributed by atoms with van der Waals surface area (Å²) in [6.07, 6.45) is 2.16. The Kier molecular flexibility index (Phi) is 1.89. The lowest BCUT2D eigenvalue weighted by Crippen LogP contribution is -1.95. The third-order valence-electron chi connectivity index (χ3n) is 1.97. The maximum Gasteiger partial charge on any atom is 0.134 e. The number of ketones is 1. The van der Waals surface area contributed by atoms with E-state index in [0.717, 1.165) is 16.5 Å². The number of carbonyl (C=O) groups is 1. The van der Waals surface area contributed by atoms with Gasteiger partial charge >= 0.3 is 0 Å². The Bertz CT molecular complexity index is 440. The Labute approximate surface area is 76.2 Å². The minimum Gasteiger partial charge on any atom is -0.464 e. The van der Waals surface area contributed by atoms with E-state index in [9.17, 15) is 4.79 Å². The number of carbonyl (C=O) groups excluding carboxylic acids is 1. The van der Waals surface area contributed by atoms with Crippen LogP contribution < -0.4 is 0 Å². The molecule has 2 heteroatoms. The number of rotatable bonds is 2. The zero-order valence-corrected chi connectivity index (χ0v) is 7.41. The van der Waals surface area contributed by atoms with Gasteiger partial charge in [0.1, 0.15) is 11.4 Å². The van der Waals surface area contributed by atoms with Crippen molar-refractivity contribution in [1.29, 1.82) is 0 Å². The fourth-order valence-corrected chi connectivity index (χ4v) is 1.41. The van der Waals surface area contributed by atoms with Crippen molar-refractivity contribution in [2.24, 2.45) is 0 Å². The maximum atomic E-state index is 10.9. The van der Waals surface area contributed by atoms with Crippen LogP contribution in [0, 0.1) is 0 Å². The van der Waals surface area contributed by atoms with Crippen LogP contribution in [-0.2, 0) is 11.2 Å². The molecule has 1 heterocycles. The summed E-state index contributed by atoms with van der Waals surface area (Å²) in [7, 11) is 0. The molecule has 2 rings (SSSR count). The van der Waals surface area contributed by atoms with Gasteiger partial charge in [0.15, 0.2) is 0 Å². The van der Waals surface area contributed by atoms with Gasteiger partial charge < -0.3 is 4.42 Å². The van der Waals surface area contributed by atoms with Gasteiger partial charge in [0, 0.05) is 11.8 Å². The fraction of sp³-hybridized carbons (Fsp3) is 0.182. The molecule has 0 spiro atoms. The second-order valence-corrected chi connectivity index (χ2v) is 3.17. The Balaban J connectivity index is 2.42. The zero-order chi connectivity index (χ0) is 9.26. The molecule has 0 amide bonds. The van der Waals surface area contributed by atoms with Crippen LogP contribution in [0.5, 0.6) is 0 Å². The van der Waals surface area contributed by atoms with Gasteiger partial charge in [-0.1, -0.05) is 6.07 Å². The van der Waals surface area contributed by atoms with Crippen molar-refractivity contribution >= 4 is 16.8 Å². The number of hydrogen-bond donors (Lipinski definition) is 0. The summed E-state index contributed by atoms with van der Waals surface area (Å²) in [5.74, 6) is 0.183. The van der Waals surface area contributed by atoms with Gasteiger partial charge in [-0.25, -0.2) is 0 Å². The lowest BCUT2D eigenvalue weighted by atomic mass is 10.1. The number of hydrogen-bond acceptors (Lipinski definition) is 2. The minimum atomic E-state index is 0.183. The first-order chi connectivity index (χ1) is 6.25. The van der Waals surface area contributed by atoms with Crippen LogP contribution in [0.4, 0.5) is 0 Å². The summed E-state index contributed by atoms with van der Waals surface area (Å²) in [4.78, 5) is 10.9. The molecule has 66 valence electrons. The molecule has 0 aliphatic rings. The number of fused-ring (bicyclic) bond motifs is 1. The van der Waals surface area contributed by atoms with Crippen molar-refractivity contribution < 1.29 is 9.21 Å². The predicted molar refractivity (Wildman–Crippen MR) is 50.6 cm³/mol. The average Bonchev–Trinajstić information content (AvgIpc) is 2.49. The quantitative estimate of drug-likeness (QED) is 0.700. The van der Waals surface area contributed by atoms with Gasteiger partial charge in [-0.3, -0.25) is 4.79 Å². The van der Waals surface area contributed by atoms with Gasteiger partial charge in [-0.05, 0) is 30.7 Å². The molecule has 2 nitrogen and oxygen atoms in total. The Morgan fingerprint density at radius 1 is 1.38 bits per heavy atom. The molecule has 13 heavy (non-hydrogen) atoms. The monoisotopic (exact) mass is 174 g/mol. The summed E-state index contributed by atoms with van der Waals surface area (Å²) in [5.41, 5.74) is 1.91. The molecule has 0 aliphatic carbocycles. The molecule has 0 N–H and O–H groups in total. The first-order valence-corrected chi connectivity index (χ1v) is 4.21. The third-order valence-corrected chi connectivity index (χ3v) is 1.97. The average molecular weight is 174 g/mol. The number of furan rings is 1. The molecule has 0 bridgehead atoms. The van der Waals surface area contributed by atoms with E-state index in [1.54, 1.807) is 13.2 Å². The minimum absolute atomic E-state index is 0.183. The van der Waals surface area contributed by atoms with E-state index in [-0.39, 0.29) is 5.78 Å². The first kappa shape index (κ1) is 8.05. The Morgan fingerprint density at radius 3 is 3.00 bits per heavy atom. The first-order valence-electron chi connectivity index (χ1n) is 4.21. The second kappa shape index (κ2) is 3.05. The molecule has 0 unspecified atom stereocenters. The largest absolute Gasteiger partial charge is 0.464 e. The summed E-state index contributed by atoms with van der Waals surface area (Å²) >= 11 is 0. The highest BCUT2D eigenvalue weighted by atomic mass is 16.3. The van der Waals surface area contributed by atoms with Gasteiger partial charge in [0.25, 0.3) is 0 Å². The highest BCUT2D eigenvalue weighted by Crippen LogP contribution is 2.17. The normalized spacial score (nSPS) is 10.5. The predicted octanol–water partition coefficient (Wildman–Crippen LogP) is 2.56. The van der Waals surface area contributed by atoms with E-state index in [4.69, 9.17) is 4.42 Å². The van der Waals surface area contributed by atoms with Gasteiger partial charge in [-0.15, -0.1) is 0 Å². The molecule has 0 saturated carbocycles. The van der Waals surface area contributed by atoms with E-state index in [1.165, 1.54) is 0 Å². The van der Waals surface area contributed by atoms with Crippen LogP contribution in [0.3, 0.4) is 0 Å². The Morgan fingerprint density at radius 2 is 2.23 bits per heavy atom. The molecule has 2 aromatic rings. The fourth-order valence-electron chi connectivity index (χ4n) is 1.41. The van der Waals surface area contributed by atoms with Gasteiger partial charge in [-0.2, -0.15) is 0 Å². The van der Waals surface area contributed by atoms with E-state index in [1.807, 2.05) is 24.3 Å². The van der Waals surface area contributed by atoms with Crippen LogP contribution in [0.2, 0.25) is 0 Å². The van der Waals surface area contributed by atoms with Crippen LogP contribution in [-0.4, -0.2) is 5.78 Å². The molecule has 0 fully saturated rings. The zero-order valence-electron chi connectivity index (χ0n) is 7.41. The lowest BCUT2D eigenvalue weighted by molar-refractivity contribution is -0.116. The number of benzene rings is 1. The second-order valence-electron chi connectivity index (χ2n) is 3.17. The lowest BCUT2D eigenvalue weighted by Gasteiger charge is -1.96. The maximum absolute atomic E-state index is 10.9. The van der Waals surface area contributed by atoms with Crippen molar-refractivity contribution in [3.63, 3.8) is 0 Å². The van der Waals surface area contributed by atoms with Crippen molar-refractivity contribution in [2.75, 3.05) is 0 Å². The van der Waals surface area contributed by atoms with Crippen LogP contribution in [0.15, 0.2) is 34.9 Å². The van der Waals surface area contributed by atoms with Crippen molar-refractivity contribution in [2.45, 2.75) is 13.3 Å². The number of Topliss-reactive ketones (excluding diaryl/α,β-unsaturated/α-hetero) is 1. The summed E-state index contributed by atoms with van der Waals surface area (Å²) in [6, 6.07) is 7.71. The molecule has 1 aromatic carbocycles. The molecule has 1 aromatic heterocycles. The molecule has 0 aliphatic heterocycles. The van der Waals surface area contributed by atoms with E-state index < -0.39 is 0 Å². The van der Waals surface area contributed by atoms with Crippen molar-refractivity contribution in [3.05, 3.63) is 36.1 Å².